The maximum absolute atomic E-state index is 5.50. The molecule has 0 unspecified atom stereocenters. The maximum atomic E-state index is 5.50. The highest BCUT2D eigenvalue weighted by Crippen LogP contribution is 2.29. The normalized spacial score (nSPS) is 11.1. The largest absolute Gasteiger partial charge is 0.497 e. The second kappa shape index (κ2) is 5.67. The number of ether oxygens (including phenoxy) is 2. The minimum atomic E-state index is 0.378. The van der Waals surface area contributed by atoms with Gasteiger partial charge in [-0.2, -0.15) is 5.10 Å². The Labute approximate surface area is 129 Å². The molecule has 0 fully saturated rings. The monoisotopic (exact) mass is 297 g/mol. The molecule has 114 valence electrons. The third-order valence-electron chi connectivity index (χ3n) is 3.62. The molecule has 0 saturated carbocycles. The molecule has 22 heavy (non-hydrogen) atoms. The lowest BCUT2D eigenvalue weighted by Gasteiger charge is -2.10. The lowest BCUT2D eigenvalue weighted by atomic mass is 10.1. The fourth-order valence-corrected chi connectivity index (χ4v) is 2.35. The molecule has 0 saturated heterocycles. The van der Waals surface area contributed by atoms with Gasteiger partial charge in [0.25, 0.3) is 0 Å². The van der Waals surface area contributed by atoms with E-state index in [4.69, 9.17) is 9.47 Å². The van der Waals surface area contributed by atoms with Crippen molar-refractivity contribution in [1.82, 2.24) is 14.8 Å². The van der Waals surface area contributed by atoms with Crippen LogP contribution in [-0.4, -0.2) is 29.0 Å². The fraction of sp³-hybridized carbons (Fsp3) is 0.294. The van der Waals surface area contributed by atoms with Crippen molar-refractivity contribution in [3.63, 3.8) is 0 Å². The summed E-state index contributed by atoms with van der Waals surface area (Å²) in [5.74, 6) is 2.64. The molecule has 0 aliphatic carbocycles. The third kappa shape index (κ3) is 2.50. The molecule has 0 spiro atoms. The average molecular weight is 297 g/mol. The number of hydrogen-bond donors (Lipinski definition) is 0. The highest BCUT2D eigenvalue weighted by atomic mass is 16.5. The van der Waals surface area contributed by atoms with Gasteiger partial charge < -0.3 is 9.47 Å². The first-order valence-electron chi connectivity index (χ1n) is 7.21. The van der Waals surface area contributed by atoms with E-state index >= 15 is 0 Å². The number of fused-ring (bicyclic) bond motifs is 1. The minimum absolute atomic E-state index is 0.378. The summed E-state index contributed by atoms with van der Waals surface area (Å²) in [5.41, 5.74) is 1.85. The number of aromatic nitrogens is 3. The van der Waals surface area contributed by atoms with Crippen molar-refractivity contribution in [2.75, 3.05) is 14.2 Å². The van der Waals surface area contributed by atoms with Crippen LogP contribution in [0.25, 0.3) is 16.7 Å². The lowest BCUT2D eigenvalue weighted by Crippen LogP contribution is -2.01. The maximum Gasteiger partial charge on any atom is 0.157 e. The second-order valence-corrected chi connectivity index (χ2v) is 5.41. The molecule has 2 aromatic heterocycles. The molecule has 5 nitrogen and oxygen atoms in total. The van der Waals surface area contributed by atoms with Gasteiger partial charge in [-0.15, -0.1) is 0 Å². The molecule has 0 radical (unpaired) electrons. The molecular weight excluding hydrogens is 278 g/mol. The Hall–Kier alpha value is -2.56. The topological polar surface area (TPSA) is 49.2 Å². The van der Waals surface area contributed by atoms with Gasteiger partial charge >= 0.3 is 0 Å². The lowest BCUT2D eigenvalue weighted by molar-refractivity contribution is 0.414. The molecule has 0 amide bonds. The zero-order chi connectivity index (χ0) is 15.7. The smallest absolute Gasteiger partial charge is 0.157 e. The number of benzene rings is 1. The Morgan fingerprint density at radius 1 is 1.05 bits per heavy atom. The van der Waals surface area contributed by atoms with E-state index in [-0.39, 0.29) is 0 Å². The Morgan fingerprint density at radius 2 is 1.86 bits per heavy atom. The molecule has 2 heterocycles. The van der Waals surface area contributed by atoms with Gasteiger partial charge in [0.2, 0.25) is 0 Å². The Morgan fingerprint density at radius 3 is 2.50 bits per heavy atom. The second-order valence-electron chi connectivity index (χ2n) is 5.41. The first-order chi connectivity index (χ1) is 10.6. The van der Waals surface area contributed by atoms with Crippen molar-refractivity contribution >= 4 is 10.9 Å². The van der Waals surface area contributed by atoms with E-state index in [1.165, 1.54) is 0 Å². The zero-order valence-corrected chi connectivity index (χ0v) is 13.2. The van der Waals surface area contributed by atoms with Gasteiger partial charge in [-0.3, -0.25) is 0 Å². The molecule has 0 atom stereocenters. The summed E-state index contributed by atoms with van der Waals surface area (Å²) >= 11 is 0. The molecule has 0 bridgehead atoms. The first kappa shape index (κ1) is 14.4. The van der Waals surface area contributed by atoms with Crippen LogP contribution in [0.1, 0.15) is 25.5 Å². The van der Waals surface area contributed by atoms with Gasteiger partial charge in [0.15, 0.2) is 5.82 Å². The molecule has 0 aliphatic rings. The summed E-state index contributed by atoms with van der Waals surface area (Å²) in [5, 5.41) is 5.52. The quantitative estimate of drug-likeness (QED) is 0.739. The van der Waals surface area contributed by atoms with Gasteiger partial charge in [0.1, 0.15) is 11.5 Å². The minimum Gasteiger partial charge on any atom is -0.497 e. The number of methoxy groups -OCH3 is 2. The van der Waals surface area contributed by atoms with Gasteiger partial charge in [-0.1, -0.05) is 13.8 Å². The van der Waals surface area contributed by atoms with Crippen molar-refractivity contribution in [2.24, 2.45) is 0 Å². The van der Waals surface area contributed by atoms with Crippen LogP contribution in [0, 0.1) is 0 Å². The van der Waals surface area contributed by atoms with Crippen LogP contribution in [0.15, 0.2) is 36.5 Å². The summed E-state index contributed by atoms with van der Waals surface area (Å²) < 4.78 is 12.5. The number of nitrogens with zero attached hydrogens (tertiary/aromatic N) is 3. The van der Waals surface area contributed by atoms with E-state index in [9.17, 15) is 0 Å². The molecule has 1 aromatic carbocycles. The summed E-state index contributed by atoms with van der Waals surface area (Å²) in [6.45, 7) is 4.23. The Bertz CT molecular complexity index is 809. The molecule has 0 aliphatic heterocycles. The van der Waals surface area contributed by atoms with Crippen molar-refractivity contribution < 1.29 is 9.47 Å². The summed E-state index contributed by atoms with van der Waals surface area (Å²) in [4.78, 5) is 4.68. The van der Waals surface area contributed by atoms with Crippen LogP contribution in [0.4, 0.5) is 0 Å². The number of pyridine rings is 1. The molecular formula is C17H19N3O2. The van der Waals surface area contributed by atoms with Gasteiger partial charge in [0, 0.05) is 23.7 Å². The molecule has 3 aromatic rings. The van der Waals surface area contributed by atoms with Crippen LogP contribution < -0.4 is 9.47 Å². The van der Waals surface area contributed by atoms with Gasteiger partial charge in [-0.25, -0.2) is 9.67 Å². The average Bonchev–Trinajstić information content (AvgIpc) is 3.03. The summed E-state index contributed by atoms with van der Waals surface area (Å²) in [6.07, 6.45) is 1.92. The highest BCUT2D eigenvalue weighted by molar-refractivity contribution is 5.87. The van der Waals surface area contributed by atoms with E-state index in [1.54, 1.807) is 18.9 Å². The predicted molar refractivity (Wildman–Crippen MR) is 86.1 cm³/mol. The van der Waals surface area contributed by atoms with Crippen LogP contribution in [0.3, 0.4) is 0 Å². The molecule has 3 rings (SSSR count). The van der Waals surface area contributed by atoms with Crippen LogP contribution >= 0.6 is 0 Å². The van der Waals surface area contributed by atoms with E-state index in [0.29, 0.717) is 5.92 Å². The van der Waals surface area contributed by atoms with E-state index < -0.39 is 0 Å². The Balaban J connectivity index is 2.16. The van der Waals surface area contributed by atoms with Crippen LogP contribution in [0.5, 0.6) is 11.5 Å². The highest BCUT2D eigenvalue weighted by Gasteiger charge is 2.11. The van der Waals surface area contributed by atoms with Gasteiger partial charge in [0.05, 0.1) is 25.4 Å². The molecule has 0 N–H and O–H groups in total. The van der Waals surface area contributed by atoms with Gasteiger partial charge in [-0.05, 0) is 24.1 Å². The van der Waals surface area contributed by atoms with Crippen LogP contribution in [-0.2, 0) is 0 Å². The molecule has 5 heteroatoms. The Kier molecular flexibility index (Phi) is 3.71. The van der Waals surface area contributed by atoms with Crippen molar-refractivity contribution in [3.05, 3.63) is 42.2 Å². The van der Waals surface area contributed by atoms with E-state index in [1.807, 2.05) is 36.5 Å². The third-order valence-corrected chi connectivity index (χ3v) is 3.62. The van der Waals surface area contributed by atoms with Crippen molar-refractivity contribution in [1.29, 1.82) is 0 Å². The summed E-state index contributed by atoms with van der Waals surface area (Å²) in [6, 6.07) is 9.65. The van der Waals surface area contributed by atoms with E-state index in [0.717, 1.165) is 33.9 Å². The first-order valence-corrected chi connectivity index (χ1v) is 7.21. The standard InChI is InChI=1S/C17H19N3O2/c1-11(2)14-7-8-20(19-14)17-10-16(22-4)13-6-5-12(21-3)9-15(13)18-17/h5-11H,1-4H3. The zero-order valence-electron chi connectivity index (χ0n) is 13.2. The van der Waals surface area contributed by atoms with E-state index in [2.05, 4.69) is 23.9 Å². The predicted octanol–water partition coefficient (Wildman–Crippen LogP) is 3.56. The van der Waals surface area contributed by atoms with Crippen molar-refractivity contribution in [3.8, 4) is 17.3 Å². The number of rotatable bonds is 4. The van der Waals surface area contributed by atoms with Crippen molar-refractivity contribution in [2.45, 2.75) is 19.8 Å². The van der Waals surface area contributed by atoms with Crippen LogP contribution in [0.2, 0.25) is 0 Å². The SMILES string of the molecule is COc1ccc2c(OC)cc(-n3ccc(C(C)C)n3)nc2c1. The fourth-order valence-electron chi connectivity index (χ4n) is 2.35. The number of hydrogen-bond acceptors (Lipinski definition) is 4. The summed E-state index contributed by atoms with van der Waals surface area (Å²) in [7, 11) is 3.30.